The van der Waals surface area contributed by atoms with Gasteiger partial charge in [0.05, 0.1) is 0 Å². The molecule has 0 aromatic rings. The van der Waals surface area contributed by atoms with Gasteiger partial charge in [-0.2, -0.15) is 5.26 Å². The first kappa shape index (κ1) is 13.5. The van der Waals surface area contributed by atoms with Crippen LogP contribution < -0.4 is 5.32 Å². The summed E-state index contributed by atoms with van der Waals surface area (Å²) in [5.41, 5.74) is -0.205. The van der Waals surface area contributed by atoms with E-state index >= 15 is 0 Å². The smallest absolute Gasteiger partial charge is 0.265 e. The molecule has 0 spiro atoms. The highest BCUT2D eigenvalue weighted by Crippen LogP contribution is 2.07. The fourth-order valence-corrected chi connectivity index (χ4v) is 1.89. The molecule has 94 valence electrons. The summed E-state index contributed by atoms with van der Waals surface area (Å²) in [5.74, 6) is -0.729. The average Bonchev–Trinajstić information content (AvgIpc) is 2.30. The van der Waals surface area contributed by atoms with Gasteiger partial charge in [0.15, 0.2) is 5.57 Å². The Morgan fingerprint density at radius 2 is 2.06 bits per heavy atom. The minimum Gasteiger partial charge on any atom is -0.511 e. The van der Waals surface area contributed by atoms with Crippen molar-refractivity contribution in [3.05, 3.63) is 11.3 Å². The van der Waals surface area contributed by atoms with Gasteiger partial charge < -0.3 is 15.3 Å². The first-order valence-electron chi connectivity index (χ1n) is 5.95. The molecule has 0 atom stereocenters. The van der Waals surface area contributed by atoms with Crippen molar-refractivity contribution < 1.29 is 9.90 Å². The van der Waals surface area contributed by atoms with Crippen molar-refractivity contribution in [2.45, 2.75) is 26.2 Å². The number of nitrogens with zero attached hydrogens (tertiary/aromatic N) is 2. The molecule has 2 N–H and O–H groups in total. The largest absolute Gasteiger partial charge is 0.511 e. The molecule has 1 rings (SSSR count). The average molecular weight is 237 g/mol. The Kier molecular flexibility index (Phi) is 5.50. The van der Waals surface area contributed by atoms with E-state index in [-0.39, 0.29) is 11.3 Å². The molecule has 1 saturated heterocycles. The normalized spacial score (nSPS) is 18.1. The van der Waals surface area contributed by atoms with E-state index < -0.39 is 5.91 Å². The van der Waals surface area contributed by atoms with Gasteiger partial charge >= 0.3 is 0 Å². The zero-order valence-electron chi connectivity index (χ0n) is 10.2. The van der Waals surface area contributed by atoms with Gasteiger partial charge in [-0.25, -0.2) is 0 Å². The Labute approximate surface area is 102 Å². The van der Waals surface area contributed by atoms with Gasteiger partial charge in [0, 0.05) is 13.1 Å². The van der Waals surface area contributed by atoms with E-state index in [0.29, 0.717) is 6.54 Å². The molecule has 0 aromatic carbocycles. The molecule has 0 saturated carbocycles. The standard InChI is InChI=1S/C12H19N3O2/c1-10(16)11(9-13)12(17)14-5-8-15-6-3-2-4-7-15/h16H,2-8H2,1H3,(H,14,17)/b11-10-. The maximum Gasteiger partial charge on any atom is 0.265 e. The summed E-state index contributed by atoms with van der Waals surface area (Å²) in [6, 6.07) is 1.69. The Morgan fingerprint density at radius 1 is 1.41 bits per heavy atom. The molecular formula is C12H19N3O2. The molecule has 0 bridgehead atoms. The van der Waals surface area contributed by atoms with Gasteiger partial charge in [-0.05, 0) is 32.9 Å². The number of aliphatic hydroxyl groups excluding tert-OH is 1. The van der Waals surface area contributed by atoms with Crippen LogP contribution in [-0.2, 0) is 4.79 Å². The fourth-order valence-electron chi connectivity index (χ4n) is 1.89. The monoisotopic (exact) mass is 237 g/mol. The van der Waals surface area contributed by atoms with Crippen LogP contribution in [0.1, 0.15) is 26.2 Å². The predicted molar refractivity (Wildman–Crippen MR) is 64.2 cm³/mol. The first-order valence-corrected chi connectivity index (χ1v) is 5.95. The third-order valence-electron chi connectivity index (χ3n) is 2.86. The van der Waals surface area contributed by atoms with Crippen LogP contribution >= 0.6 is 0 Å². The van der Waals surface area contributed by atoms with Crippen LogP contribution in [0.4, 0.5) is 0 Å². The van der Waals surface area contributed by atoms with E-state index in [1.807, 2.05) is 0 Å². The Morgan fingerprint density at radius 3 is 2.59 bits per heavy atom. The molecule has 1 fully saturated rings. The predicted octanol–water partition coefficient (Wildman–Crippen LogP) is 0.944. The number of rotatable bonds is 4. The van der Waals surface area contributed by atoms with E-state index in [9.17, 15) is 4.79 Å². The molecule has 1 heterocycles. The molecule has 0 aromatic heterocycles. The SMILES string of the molecule is C/C(O)=C(\C#N)C(=O)NCCN1CCCCC1. The molecule has 5 heteroatoms. The van der Waals surface area contributed by atoms with Crippen LogP contribution in [0.15, 0.2) is 11.3 Å². The summed E-state index contributed by atoms with van der Waals surface area (Å²) in [4.78, 5) is 13.8. The van der Waals surface area contributed by atoms with E-state index in [1.54, 1.807) is 6.07 Å². The highest BCUT2D eigenvalue weighted by atomic mass is 16.3. The van der Waals surface area contributed by atoms with Gasteiger partial charge in [-0.1, -0.05) is 6.42 Å². The number of hydrogen-bond donors (Lipinski definition) is 2. The summed E-state index contributed by atoms with van der Waals surface area (Å²) in [5, 5.41) is 20.4. The quantitative estimate of drug-likeness (QED) is 0.433. The zero-order chi connectivity index (χ0) is 12.7. The number of allylic oxidation sites excluding steroid dienone is 1. The van der Waals surface area contributed by atoms with Gasteiger partial charge in [-0.3, -0.25) is 4.79 Å². The number of carbonyl (C=O) groups excluding carboxylic acids is 1. The molecule has 1 aliphatic rings. The number of amides is 1. The summed E-state index contributed by atoms with van der Waals surface area (Å²) in [6.07, 6.45) is 3.72. The van der Waals surface area contributed by atoms with E-state index in [1.165, 1.54) is 26.2 Å². The Bertz CT molecular complexity index is 334. The van der Waals surface area contributed by atoms with Crippen LogP contribution in [0.5, 0.6) is 0 Å². The lowest BCUT2D eigenvalue weighted by Crippen LogP contribution is -2.38. The van der Waals surface area contributed by atoms with Crippen LogP contribution in [0.25, 0.3) is 0 Å². The van der Waals surface area contributed by atoms with Crippen molar-refractivity contribution in [2.75, 3.05) is 26.2 Å². The van der Waals surface area contributed by atoms with Gasteiger partial charge in [0.25, 0.3) is 5.91 Å². The minimum atomic E-state index is -0.496. The number of likely N-dealkylation sites (tertiary alicyclic amines) is 1. The van der Waals surface area contributed by atoms with Gasteiger partial charge in [0.2, 0.25) is 0 Å². The number of nitriles is 1. The lowest BCUT2D eigenvalue weighted by molar-refractivity contribution is -0.117. The molecule has 1 amide bonds. The second kappa shape index (κ2) is 6.92. The summed E-state index contributed by atoms with van der Waals surface area (Å²) < 4.78 is 0. The van der Waals surface area contributed by atoms with Crippen molar-refractivity contribution in [3.63, 3.8) is 0 Å². The summed E-state index contributed by atoms with van der Waals surface area (Å²) >= 11 is 0. The molecule has 0 radical (unpaired) electrons. The molecule has 5 nitrogen and oxygen atoms in total. The van der Waals surface area contributed by atoms with Crippen LogP contribution in [0, 0.1) is 11.3 Å². The maximum atomic E-state index is 11.5. The number of aliphatic hydroxyl groups is 1. The highest BCUT2D eigenvalue weighted by molar-refractivity contribution is 5.97. The lowest BCUT2D eigenvalue weighted by atomic mass is 10.1. The van der Waals surface area contributed by atoms with Crippen LogP contribution in [0.2, 0.25) is 0 Å². The third-order valence-corrected chi connectivity index (χ3v) is 2.86. The molecule has 0 unspecified atom stereocenters. The molecule has 1 aliphatic heterocycles. The van der Waals surface area contributed by atoms with Gasteiger partial charge in [0.1, 0.15) is 11.8 Å². The van der Waals surface area contributed by atoms with E-state index in [2.05, 4.69) is 10.2 Å². The fraction of sp³-hybridized carbons (Fsp3) is 0.667. The first-order chi connectivity index (χ1) is 8.15. The van der Waals surface area contributed by atoms with Crippen LogP contribution in [0.3, 0.4) is 0 Å². The number of hydrogen-bond acceptors (Lipinski definition) is 4. The Balaban J connectivity index is 2.29. The minimum absolute atomic E-state index is 0.205. The second-order valence-electron chi connectivity index (χ2n) is 4.23. The van der Waals surface area contributed by atoms with Crippen molar-refractivity contribution >= 4 is 5.91 Å². The maximum absolute atomic E-state index is 11.5. The zero-order valence-corrected chi connectivity index (χ0v) is 10.2. The molecule has 0 aliphatic carbocycles. The number of piperidine rings is 1. The van der Waals surface area contributed by atoms with Crippen molar-refractivity contribution in [3.8, 4) is 6.07 Å². The Hall–Kier alpha value is -1.54. The van der Waals surface area contributed by atoms with E-state index in [4.69, 9.17) is 10.4 Å². The van der Waals surface area contributed by atoms with E-state index in [0.717, 1.165) is 19.6 Å². The van der Waals surface area contributed by atoms with Gasteiger partial charge in [-0.15, -0.1) is 0 Å². The van der Waals surface area contributed by atoms with Crippen LogP contribution in [-0.4, -0.2) is 42.1 Å². The number of carbonyl (C=O) groups is 1. The number of nitrogens with one attached hydrogen (secondary N) is 1. The van der Waals surface area contributed by atoms with Crippen molar-refractivity contribution in [2.24, 2.45) is 0 Å². The molecular weight excluding hydrogens is 218 g/mol. The highest BCUT2D eigenvalue weighted by Gasteiger charge is 2.13. The topological polar surface area (TPSA) is 76.4 Å². The second-order valence-corrected chi connectivity index (χ2v) is 4.23. The summed E-state index contributed by atoms with van der Waals surface area (Å²) in [7, 11) is 0. The lowest BCUT2D eigenvalue weighted by Gasteiger charge is -2.26. The van der Waals surface area contributed by atoms with Crippen molar-refractivity contribution in [1.29, 1.82) is 5.26 Å². The third kappa shape index (κ3) is 4.45. The molecule has 17 heavy (non-hydrogen) atoms. The van der Waals surface area contributed by atoms with Crippen molar-refractivity contribution in [1.82, 2.24) is 10.2 Å². The summed E-state index contributed by atoms with van der Waals surface area (Å²) in [6.45, 7) is 4.81.